The lowest BCUT2D eigenvalue weighted by atomic mass is 10.1. The Morgan fingerprint density at radius 2 is 2.20 bits per heavy atom. The molecule has 2 amide bonds. The van der Waals surface area contributed by atoms with Gasteiger partial charge in [-0.15, -0.1) is 0 Å². The van der Waals surface area contributed by atoms with E-state index in [1.807, 2.05) is 48.2 Å². The Balaban J connectivity index is 1.40. The number of carbonyl (C=O) groups is 2. The molecule has 1 N–H and O–H groups in total. The smallest absolute Gasteiger partial charge is 0.227 e. The Morgan fingerprint density at radius 1 is 1.32 bits per heavy atom. The number of nitrogens with one attached hydrogen (secondary N) is 1. The highest BCUT2D eigenvalue weighted by Gasteiger charge is 2.46. The molecular weight excluding hydrogens is 316 g/mol. The maximum absolute atomic E-state index is 12.5. The van der Waals surface area contributed by atoms with E-state index in [0.717, 1.165) is 36.4 Å². The van der Waals surface area contributed by atoms with Gasteiger partial charge in [-0.1, -0.05) is 12.1 Å². The van der Waals surface area contributed by atoms with E-state index in [4.69, 9.17) is 4.42 Å². The van der Waals surface area contributed by atoms with E-state index in [0.29, 0.717) is 6.42 Å². The Kier molecular flexibility index (Phi) is 4.07. The van der Waals surface area contributed by atoms with E-state index in [2.05, 4.69) is 5.32 Å². The van der Waals surface area contributed by atoms with Gasteiger partial charge in [0.1, 0.15) is 5.76 Å². The molecule has 2 aromatic rings. The van der Waals surface area contributed by atoms with E-state index in [1.54, 1.807) is 6.26 Å². The van der Waals surface area contributed by atoms with Crippen molar-refractivity contribution in [2.75, 3.05) is 11.4 Å². The lowest BCUT2D eigenvalue weighted by molar-refractivity contribution is -0.123. The normalized spacial score (nSPS) is 23.6. The summed E-state index contributed by atoms with van der Waals surface area (Å²) < 4.78 is 5.39. The van der Waals surface area contributed by atoms with Crippen molar-refractivity contribution in [1.29, 1.82) is 0 Å². The van der Waals surface area contributed by atoms with Gasteiger partial charge in [-0.05, 0) is 49.6 Å². The third-order valence-electron chi connectivity index (χ3n) is 5.15. The summed E-state index contributed by atoms with van der Waals surface area (Å²) in [5, 5.41) is 3.10. The molecule has 1 aliphatic heterocycles. The fraction of sp³-hybridized carbons (Fsp3) is 0.400. The highest BCUT2D eigenvalue weighted by atomic mass is 16.3. The SMILES string of the molecule is CC(NC(=O)C1CC1c1ccco1)c1cccc(N2CCCC2=O)c1. The molecule has 3 unspecified atom stereocenters. The number of hydrogen-bond donors (Lipinski definition) is 1. The molecular formula is C20H22N2O3. The van der Waals surface area contributed by atoms with Crippen LogP contribution < -0.4 is 10.2 Å². The number of nitrogens with zero attached hydrogens (tertiary/aromatic N) is 1. The van der Waals surface area contributed by atoms with Gasteiger partial charge in [0.05, 0.1) is 12.3 Å². The molecule has 130 valence electrons. The van der Waals surface area contributed by atoms with Crippen molar-refractivity contribution in [1.82, 2.24) is 5.32 Å². The highest BCUT2D eigenvalue weighted by Crippen LogP contribution is 2.47. The molecule has 2 aliphatic rings. The average Bonchev–Trinajstić information content (AvgIpc) is 3.02. The average molecular weight is 338 g/mol. The number of anilines is 1. The maximum atomic E-state index is 12.5. The first-order chi connectivity index (χ1) is 12.1. The predicted molar refractivity (Wildman–Crippen MR) is 94.1 cm³/mol. The van der Waals surface area contributed by atoms with E-state index in [-0.39, 0.29) is 29.7 Å². The highest BCUT2D eigenvalue weighted by molar-refractivity contribution is 5.95. The Labute approximate surface area is 147 Å². The molecule has 1 aromatic carbocycles. The van der Waals surface area contributed by atoms with Gasteiger partial charge in [0, 0.05) is 30.5 Å². The molecule has 25 heavy (non-hydrogen) atoms. The summed E-state index contributed by atoms with van der Waals surface area (Å²) in [6.07, 6.45) is 4.02. The lowest BCUT2D eigenvalue weighted by Gasteiger charge is -2.19. The summed E-state index contributed by atoms with van der Waals surface area (Å²) in [5.74, 6) is 1.33. The van der Waals surface area contributed by atoms with Gasteiger partial charge in [0.2, 0.25) is 11.8 Å². The number of carbonyl (C=O) groups excluding carboxylic acids is 2. The van der Waals surface area contributed by atoms with Gasteiger partial charge < -0.3 is 14.6 Å². The molecule has 1 aliphatic carbocycles. The van der Waals surface area contributed by atoms with E-state index < -0.39 is 0 Å². The van der Waals surface area contributed by atoms with Gasteiger partial charge in [-0.25, -0.2) is 0 Å². The zero-order valence-corrected chi connectivity index (χ0v) is 14.3. The molecule has 0 bridgehead atoms. The monoisotopic (exact) mass is 338 g/mol. The Bertz CT molecular complexity index is 784. The van der Waals surface area contributed by atoms with E-state index >= 15 is 0 Å². The number of rotatable bonds is 5. The standard InChI is InChI=1S/C20H22N2O3/c1-13(21-20(24)17-12-16(17)18-7-4-10-25-18)14-5-2-6-15(11-14)22-9-3-8-19(22)23/h2,4-7,10-11,13,16-17H,3,8-9,12H2,1H3,(H,21,24). The Morgan fingerprint density at radius 3 is 2.92 bits per heavy atom. The van der Waals surface area contributed by atoms with Crippen LogP contribution in [0.2, 0.25) is 0 Å². The van der Waals surface area contributed by atoms with Gasteiger partial charge >= 0.3 is 0 Å². The van der Waals surface area contributed by atoms with E-state index in [9.17, 15) is 9.59 Å². The summed E-state index contributed by atoms with van der Waals surface area (Å²) in [6, 6.07) is 11.6. The molecule has 0 spiro atoms. The van der Waals surface area contributed by atoms with Crippen LogP contribution in [0.1, 0.15) is 49.5 Å². The van der Waals surface area contributed by atoms with Crippen molar-refractivity contribution in [3.05, 3.63) is 54.0 Å². The fourth-order valence-electron chi connectivity index (χ4n) is 3.59. The second-order valence-corrected chi connectivity index (χ2v) is 6.94. The fourth-order valence-corrected chi connectivity index (χ4v) is 3.59. The zero-order chi connectivity index (χ0) is 17.4. The van der Waals surface area contributed by atoms with Crippen LogP contribution in [-0.2, 0) is 9.59 Å². The summed E-state index contributed by atoms with van der Waals surface area (Å²) >= 11 is 0. The number of furan rings is 1. The molecule has 1 saturated carbocycles. The van der Waals surface area contributed by atoms with E-state index in [1.165, 1.54) is 0 Å². The quantitative estimate of drug-likeness (QED) is 0.909. The molecule has 1 aromatic heterocycles. The first-order valence-electron chi connectivity index (χ1n) is 8.87. The number of benzene rings is 1. The van der Waals surface area contributed by atoms with Crippen molar-refractivity contribution in [3.8, 4) is 0 Å². The third-order valence-corrected chi connectivity index (χ3v) is 5.15. The first kappa shape index (κ1) is 15.9. The van der Waals surface area contributed by atoms with Crippen molar-refractivity contribution >= 4 is 17.5 Å². The largest absolute Gasteiger partial charge is 0.469 e. The molecule has 5 nitrogen and oxygen atoms in total. The van der Waals surface area contributed by atoms with Crippen molar-refractivity contribution in [2.24, 2.45) is 5.92 Å². The predicted octanol–water partition coefficient (Wildman–Crippen LogP) is 3.39. The van der Waals surface area contributed by atoms with Gasteiger partial charge in [0.15, 0.2) is 0 Å². The van der Waals surface area contributed by atoms with Crippen LogP contribution in [0.15, 0.2) is 47.1 Å². The van der Waals surface area contributed by atoms with Crippen LogP contribution in [-0.4, -0.2) is 18.4 Å². The zero-order valence-electron chi connectivity index (χ0n) is 14.3. The summed E-state index contributed by atoms with van der Waals surface area (Å²) in [5.41, 5.74) is 1.93. The van der Waals surface area contributed by atoms with Crippen LogP contribution in [0.25, 0.3) is 0 Å². The molecule has 4 rings (SSSR count). The lowest BCUT2D eigenvalue weighted by Crippen LogP contribution is -2.29. The van der Waals surface area contributed by atoms with Crippen LogP contribution >= 0.6 is 0 Å². The third kappa shape index (κ3) is 3.18. The van der Waals surface area contributed by atoms with Crippen molar-refractivity contribution in [2.45, 2.75) is 38.1 Å². The number of amides is 2. The van der Waals surface area contributed by atoms with Crippen LogP contribution in [0.5, 0.6) is 0 Å². The van der Waals surface area contributed by atoms with Gasteiger partial charge in [0.25, 0.3) is 0 Å². The molecule has 2 heterocycles. The second kappa shape index (κ2) is 6.39. The number of hydrogen-bond acceptors (Lipinski definition) is 3. The van der Waals surface area contributed by atoms with Gasteiger partial charge in [-0.3, -0.25) is 9.59 Å². The maximum Gasteiger partial charge on any atom is 0.227 e. The minimum atomic E-state index is -0.0944. The first-order valence-corrected chi connectivity index (χ1v) is 8.87. The minimum absolute atomic E-state index is 0.00283. The molecule has 5 heteroatoms. The van der Waals surface area contributed by atoms with Crippen molar-refractivity contribution < 1.29 is 14.0 Å². The topological polar surface area (TPSA) is 62.6 Å². The minimum Gasteiger partial charge on any atom is -0.469 e. The Hall–Kier alpha value is -2.56. The molecule has 2 fully saturated rings. The van der Waals surface area contributed by atoms with Gasteiger partial charge in [-0.2, -0.15) is 0 Å². The summed E-state index contributed by atoms with van der Waals surface area (Å²) in [7, 11) is 0. The molecule has 0 radical (unpaired) electrons. The summed E-state index contributed by atoms with van der Waals surface area (Å²) in [6.45, 7) is 2.75. The van der Waals surface area contributed by atoms with Crippen LogP contribution in [0.3, 0.4) is 0 Å². The van der Waals surface area contributed by atoms with Crippen LogP contribution in [0.4, 0.5) is 5.69 Å². The van der Waals surface area contributed by atoms with Crippen LogP contribution in [0, 0.1) is 5.92 Å². The molecule has 3 atom stereocenters. The molecule has 1 saturated heterocycles. The van der Waals surface area contributed by atoms with Crippen molar-refractivity contribution in [3.63, 3.8) is 0 Å². The summed E-state index contributed by atoms with van der Waals surface area (Å²) in [4.78, 5) is 26.2. The second-order valence-electron chi connectivity index (χ2n) is 6.94.